The minimum atomic E-state index is -3.01. The third kappa shape index (κ3) is 7.52. The number of hydrogen-bond donors (Lipinski definition) is 2. The number of nitrogens with two attached hydrogens (primary N) is 1. The van der Waals surface area contributed by atoms with E-state index in [1.165, 1.54) is 14.2 Å². The molecule has 244 valence electrons. The molecule has 2 amide bonds. The van der Waals surface area contributed by atoms with E-state index in [2.05, 4.69) is 50.4 Å². The number of carbonyl (C=O) groups is 2. The second-order valence-electron chi connectivity index (χ2n) is 13.4. The number of rotatable bonds is 11. The SMILES string of the molecule is CO[C@@]1(C)O[C@H]([C@H](CNC(=O)OC(C)(C)C)CO[Si](c2ccccc2)(c2ccccc2)C(C)(C)C)[C@@H](C(N)=O)O[C@]1(C)OC. The standard InChI is InChI=1S/C33H50N2O8Si/c1-30(2,3)43-29(37)35-21-23(26-27(28(34)36)42-33(8,39-10)32(7,38-9)41-26)22-40-44(31(4,5)6,24-17-13-11-14-18-24)25-19-15-12-16-20-25/h11-20,23,26-27H,21-22H2,1-10H3,(H2,34,36)(H,35,37)/t23-,26-,27+,32+,33+/m1/s1. The first-order valence-corrected chi connectivity index (χ1v) is 16.8. The number of ether oxygens (including phenoxy) is 5. The third-order valence-electron chi connectivity index (χ3n) is 8.20. The molecule has 11 heteroatoms. The molecule has 5 atom stereocenters. The fourth-order valence-corrected chi connectivity index (χ4v) is 10.3. The van der Waals surface area contributed by atoms with Gasteiger partial charge in [-0.2, -0.15) is 0 Å². The highest BCUT2D eigenvalue weighted by Crippen LogP contribution is 2.42. The van der Waals surface area contributed by atoms with Gasteiger partial charge < -0.3 is 39.2 Å². The molecular formula is C33H50N2O8Si. The van der Waals surface area contributed by atoms with Crippen molar-refractivity contribution in [2.24, 2.45) is 11.7 Å². The monoisotopic (exact) mass is 630 g/mol. The van der Waals surface area contributed by atoms with Gasteiger partial charge in [-0.25, -0.2) is 4.79 Å². The number of alkyl carbamates (subject to hydrolysis) is 1. The van der Waals surface area contributed by atoms with Crippen LogP contribution in [0.25, 0.3) is 0 Å². The normalized spacial score (nSPS) is 25.2. The van der Waals surface area contributed by atoms with Crippen LogP contribution in [-0.2, 0) is 32.9 Å². The Labute approximate surface area is 263 Å². The maximum atomic E-state index is 12.9. The Morgan fingerprint density at radius 3 is 1.77 bits per heavy atom. The fourth-order valence-electron chi connectivity index (χ4n) is 5.67. The van der Waals surface area contributed by atoms with Crippen LogP contribution in [0.4, 0.5) is 4.79 Å². The van der Waals surface area contributed by atoms with E-state index in [0.717, 1.165) is 10.4 Å². The molecule has 0 aliphatic carbocycles. The van der Waals surface area contributed by atoms with Crippen molar-refractivity contribution in [2.75, 3.05) is 27.4 Å². The molecule has 2 aromatic carbocycles. The lowest BCUT2D eigenvalue weighted by Crippen LogP contribution is -2.70. The molecule has 0 aromatic heterocycles. The first-order chi connectivity index (χ1) is 20.4. The summed E-state index contributed by atoms with van der Waals surface area (Å²) >= 11 is 0. The molecule has 10 nitrogen and oxygen atoms in total. The van der Waals surface area contributed by atoms with Gasteiger partial charge in [0.05, 0.1) is 0 Å². The van der Waals surface area contributed by atoms with E-state index in [1.807, 2.05) is 36.4 Å². The lowest BCUT2D eigenvalue weighted by Gasteiger charge is -2.53. The topological polar surface area (TPSA) is 128 Å². The van der Waals surface area contributed by atoms with Gasteiger partial charge in [0.1, 0.15) is 11.7 Å². The van der Waals surface area contributed by atoms with Crippen molar-refractivity contribution in [1.29, 1.82) is 0 Å². The quantitative estimate of drug-likeness (QED) is 0.360. The molecular weight excluding hydrogens is 580 g/mol. The number of amides is 2. The van der Waals surface area contributed by atoms with Crippen molar-refractivity contribution in [3.05, 3.63) is 60.7 Å². The van der Waals surface area contributed by atoms with E-state index in [4.69, 9.17) is 33.8 Å². The van der Waals surface area contributed by atoms with E-state index in [-0.39, 0.29) is 18.2 Å². The van der Waals surface area contributed by atoms with Crippen LogP contribution in [0, 0.1) is 5.92 Å². The summed E-state index contributed by atoms with van der Waals surface area (Å²) in [6.45, 7) is 15.3. The lowest BCUT2D eigenvalue weighted by atomic mass is 9.93. The average molecular weight is 631 g/mol. The van der Waals surface area contributed by atoms with Crippen molar-refractivity contribution in [3.63, 3.8) is 0 Å². The Bertz CT molecular complexity index is 1210. The van der Waals surface area contributed by atoms with Crippen LogP contribution in [0.15, 0.2) is 60.7 Å². The molecule has 2 aromatic rings. The van der Waals surface area contributed by atoms with Crippen molar-refractivity contribution in [1.82, 2.24) is 5.32 Å². The van der Waals surface area contributed by atoms with Crippen LogP contribution < -0.4 is 21.4 Å². The highest BCUT2D eigenvalue weighted by atomic mass is 28.4. The molecule has 0 saturated carbocycles. The number of benzene rings is 2. The number of hydrogen-bond acceptors (Lipinski definition) is 8. The van der Waals surface area contributed by atoms with Crippen LogP contribution in [0.2, 0.25) is 5.04 Å². The van der Waals surface area contributed by atoms with Gasteiger partial charge in [-0.1, -0.05) is 81.4 Å². The van der Waals surface area contributed by atoms with E-state index >= 15 is 0 Å². The predicted octanol–water partition coefficient (Wildman–Crippen LogP) is 3.70. The summed E-state index contributed by atoms with van der Waals surface area (Å²) in [4.78, 5) is 25.7. The van der Waals surface area contributed by atoms with Crippen molar-refractivity contribution in [2.45, 2.75) is 89.8 Å². The van der Waals surface area contributed by atoms with E-state index < -0.39 is 55.6 Å². The van der Waals surface area contributed by atoms with Gasteiger partial charge in [0.15, 0.2) is 6.10 Å². The molecule has 3 rings (SSSR count). The summed E-state index contributed by atoms with van der Waals surface area (Å²) in [5.41, 5.74) is 5.18. The van der Waals surface area contributed by atoms with Gasteiger partial charge in [0, 0.05) is 33.3 Å². The summed E-state index contributed by atoms with van der Waals surface area (Å²) in [5, 5.41) is 4.69. The highest BCUT2D eigenvalue weighted by molar-refractivity contribution is 6.99. The Morgan fingerprint density at radius 1 is 0.886 bits per heavy atom. The van der Waals surface area contributed by atoms with Crippen molar-refractivity contribution in [3.8, 4) is 0 Å². The van der Waals surface area contributed by atoms with Crippen LogP contribution in [0.3, 0.4) is 0 Å². The summed E-state index contributed by atoms with van der Waals surface area (Å²) in [5.74, 6) is -4.26. The molecule has 1 saturated heterocycles. The number of methoxy groups -OCH3 is 2. The minimum Gasteiger partial charge on any atom is -0.444 e. The molecule has 1 fully saturated rings. The molecule has 3 N–H and O–H groups in total. The van der Waals surface area contributed by atoms with Crippen LogP contribution in [0.1, 0.15) is 55.4 Å². The summed E-state index contributed by atoms with van der Waals surface area (Å²) in [6.07, 6.45) is -2.83. The van der Waals surface area contributed by atoms with Gasteiger partial charge in [-0.15, -0.1) is 0 Å². The molecule has 1 heterocycles. The van der Waals surface area contributed by atoms with Crippen molar-refractivity contribution < 1.29 is 37.7 Å². The lowest BCUT2D eigenvalue weighted by molar-refractivity contribution is -0.446. The zero-order chi connectivity index (χ0) is 33.0. The maximum Gasteiger partial charge on any atom is 0.407 e. The maximum absolute atomic E-state index is 12.9. The third-order valence-corrected chi connectivity index (χ3v) is 13.2. The molecule has 1 aliphatic heterocycles. The van der Waals surface area contributed by atoms with E-state index in [9.17, 15) is 9.59 Å². The fraction of sp³-hybridized carbons (Fsp3) is 0.576. The first-order valence-electron chi connectivity index (χ1n) is 14.9. The smallest absolute Gasteiger partial charge is 0.407 e. The summed E-state index contributed by atoms with van der Waals surface area (Å²) in [6, 6.07) is 20.4. The van der Waals surface area contributed by atoms with Gasteiger partial charge in [0.2, 0.25) is 17.5 Å². The Hall–Kier alpha value is -2.80. The Morgan fingerprint density at radius 2 is 1.36 bits per heavy atom. The zero-order valence-electron chi connectivity index (χ0n) is 27.8. The van der Waals surface area contributed by atoms with Gasteiger partial charge in [-0.05, 0) is 50.0 Å². The molecule has 0 spiro atoms. The molecule has 44 heavy (non-hydrogen) atoms. The van der Waals surface area contributed by atoms with Crippen LogP contribution in [0.5, 0.6) is 0 Å². The zero-order valence-corrected chi connectivity index (χ0v) is 28.8. The molecule has 1 aliphatic rings. The van der Waals surface area contributed by atoms with E-state index in [0.29, 0.717) is 0 Å². The average Bonchev–Trinajstić information content (AvgIpc) is 2.95. The van der Waals surface area contributed by atoms with Crippen LogP contribution >= 0.6 is 0 Å². The van der Waals surface area contributed by atoms with Crippen molar-refractivity contribution >= 4 is 30.7 Å². The number of primary amides is 1. The van der Waals surface area contributed by atoms with Crippen LogP contribution in [-0.4, -0.2) is 77.1 Å². The first kappa shape index (κ1) is 35.7. The van der Waals surface area contributed by atoms with Gasteiger partial charge >= 0.3 is 6.09 Å². The molecule has 0 radical (unpaired) electrons. The van der Waals surface area contributed by atoms with Gasteiger partial charge in [0.25, 0.3) is 8.32 Å². The highest BCUT2D eigenvalue weighted by Gasteiger charge is 2.60. The number of nitrogens with one attached hydrogen (secondary N) is 1. The minimum absolute atomic E-state index is 0.0361. The second kappa shape index (κ2) is 13.7. The Kier molecular flexibility index (Phi) is 11.1. The largest absolute Gasteiger partial charge is 0.444 e. The van der Waals surface area contributed by atoms with E-state index in [1.54, 1.807) is 34.6 Å². The second-order valence-corrected chi connectivity index (χ2v) is 17.7. The Balaban J connectivity index is 2.12. The van der Waals surface area contributed by atoms with Gasteiger partial charge in [-0.3, -0.25) is 4.79 Å². The number of carbonyl (C=O) groups excluding carboxylic acids is 2. The molecule has 0 unspecified atom stereocenters. The predicted molar refractivity (Wildman–Crippen MR) is 171 cm³/mol. The summed E-state index contributed by atoms with van der Waals surface area (Å²) < 4.78 is 36.8. The molecule has 0 bridgehead atoms. The summed E-state index contributed by atoms with van der Waals surface area (Å²) in [7, 11) is -0.106.